The molecule has 2 N–H and O–H groups in total. The Labute approximate surface area is 243 Å². The smallest absolute Gasteiger partial charge is 0.408 e. The summed E-state index contributed by atoms with van der Waals surface area (Å²) in [7, 11) is 0. The Bertz CT molecular complexity index is 1190. The van der Waals surface area contributed by atoms with E-state index in [9.17, 15) is 19.6 Å². The molecule has 3 aliphatic heterocycles. The van der Waals surface area contributed by atoms with Crippen LogP contribution in [-0.4, -0.2) is 81.0 Å². The minimum Gasteiger partial charge on any atom is -0.444 e. The number of carbonyl (C=O) groups is 1. The Hall–Kier alpha value is -2.67. The van der Waals surface area contributed by atoms with Gasteiger partial charge in [-0.1, -0.05) is 25.1 Å². The van der Waals surface area contributed by atoms with Gasteiger partial charge in [0.25, 0.3) is 0 Å². The summed E-state index contributed by atoms with van der Waals surface area (Å²) in [5.41, 5.74) is 1.18. The number of alkyl carbamates (subject to hydrolysis) is 1. The van der Waals surface area contributed by atoms with E-state index < -0.39 is 24.0 Å². The number of hydrogen-bond donors (Lipinski definition) is 2. The number of likely N-dealkylation sites (tertiary alicyclic amines) is 3. The number of ether oxygens (including phenoxy) is 1. The standard InChI is InChI=1S/C32H44FN5O3/c1-19(37-24(16-34)13-10-22-14-27(22)37)26(35-31(40)41-32(2,3)4)18-36-17-25-15-28(36)30(39)38(25)29(20-6-5-7-20)21-8-11-23(33)12-9-21/h8-9,11-12,20,22,24-30,39H,1,5-7,10,13-15,17-18H2,2-4H3,(H,35,40)/t22?,24?,25-,26?,27?,28?,29?,30+/m0/s1. The van der Waals surface area contributed by atoms with Gasteiger partial charge in [-0.05, 0) is 88.8 Å². The molecule has 3 heterocycles. The number of nitriles is 1. The Morgan fingerprint density at radius 3 is 2.54 bits per heavy atom. The average Bonchev–Trinajstić information content (AvgIpc) is 3.46. The van der Waals surface area contributed by atoms with Crippen LogP contribution >= 0.6 is 0 Å². The molecule has 6 rings (SSSR count). The minimum atomic E-state index is -0.658. The zero-order valence-electron chi connectivity index (χ0n) is 24.5. The highest BCUT2D eigenvalue weighted by Crippen LogP contribution is 2.49. The highest BCUT2D eigenvalue weighted by atomic mass is 19.1. The second-order valence-electron chi connectivity index (χ2n) is 13.8. The van der Waals surface area contributed by atoms with Crippen LogP contribution in [0.25, 0.3) is 0 Å². The molecule has 0 radical (unpaired) electrons. The van der Waals surface area contributed by atoms with Crippen molar-refractivity contribution in [3.8, 4) is 6.07 Å². The number of carbonyl (C=O) groups excluding carboxylic acids is 1. The molecule has 2 bridgehead atoms. The zero-order valence-corrected chi connectivity index (χ0v) is 24.5. The van der Waals surface area contributed by atoms with E-state index in [4.69, 9.17) is 4.74 Å². The molecule has 5 fully saturated rings. The molecule has 2 saturated carbocycles. The third-order valence-corrected chi connectivity index (χ3v) is 10.0. The molecule has 1 amide bonds. The van der Waals surface area contributed by atoms with E-state index in [2.05, 4.69) is 32.7 Å². The molecule has 0 aromatic heterocycles. The number of rotatable bonds is 8. The lowest BCUT2D eigenvalue weighted by Gasteiger charge is -2.48. The van der Waals surface area contributed by atoms with Gasteiger partial charge in [-0.3, -0.25) is 9.80 Å². The Morgan fingerprint density at radius 2 is 1.93 bits per heavy atom. The average molecular weight is 566 g/mol. The van der Waals surface area contributed by atoms with Crippen LogP contribution in [0, 0.1) is 29.0 Å². The van der Waals surface area contributed by atoms with Crippen LogP contribution < -0.4 is 5.32 Å². The second kappa shape index (κ2) is 10.9. The molecule has 41 heavy (non-hydrogen) atoms. The second-order valence-corrected chi connectivity index (χ2v) is 13.8. The van der Waals surface area contributed by atoms with Gasteiger partial charge in [-0.15, -0.1) is 0 Å². The quantitative estimate of drug-likeness (QED) is 0.479. The number of piperidine rings is 1. The summed E-state index contributed by atoms with van der Waals surface area (Å²) >= 11 is 0. The number of halogens is 1. The topological polar surface area (TPSA) is 92.1 Å². The maximum Gasteiger partial charge on any atom is 0.408 e. The van der Waals surface area contributed by atoms with Gasteiger partial charge in [0, 0.05) is 36.9 Å². The molecule has 1 aromatic carbocycles. The van der Waals surface area contributed by atoms with Crippen molar-refractivity contribution < 1.29 is 19.0 Å². The van der Waals surface area contributed by atoms with Gasteiger partial charge in [0.2, 0.25) is 0 Å². The predicted molar refractivity (Wildman–Crippen MR) is 153 cm³/mol. The van der Waals surface area contributed by atoms with E-state index in [0.29, 0.717) is 24.4 Å². The van der Waals surface area contributed by atoms with Crippen molar-refractivity contribution in [3.63, 3.8) is 0 Å². The lowest BCUT2D eigenvalue weighted by molar-refractivity contribution is -0.101. The molecule has 1 aromatic rings. The first kappa shape index (κ1) is 28.4. The Kier molecular flexibility index (Phi) is 7.54. The first-order valence-corrected chi connectivity index (χ1v) is 15.4. The predicted octanol–water partition coefficient (Wildman–Crippen LogP) is 4.53. The molecular weight excluding hydrogens is 521 g/mol. The van der Waals surface area contributed by atoms with Gasteiger partial charge in [-0.25, -0.2) is 9.18 Å². The van der Waals surface area contributed by atoms with Gasteiger partial charge in [0.15, 0.2) is 0 Å². The highest BCUT2D eigenvalue weighted by molar-refractivity contribution is 5.68. The number of nitrogens with zero attached hydrogens (tertiary/aromatic N) is 4. The Balaban J connectivity index is 1.20. The van der Waals surface area contributed by atoms with Crippen molar-refractivity contribution in [2.75, 3.05) is 13.1 Å². The summed E-state index contributed by atoms with van der Waals surface area (Å²) in [6, 6.07) is 9.00. The third kappa shape index (κ3) is 5.59. The summed E-state index contributed by atoms with van der Waals surface area (Å²) < 4.78 is 19.4. The van der Waals surface area contributed by atoms with Crippen LogP contribution in [0.15, 0.2) is 36.5 Å². The molecule has 9 heteroatoms. The number of piperazine rings is 1. The fourth-order valence-corrected chi connectivity index (χ4v) is 7.82. The molecule has 5 aliphatic rings. The lowest BCUT2D eigenvalue weighted by Crippen LogP contribution is -2.59. The number of nitrogens with one attached hydrogen (secondary N) is 1. The number of amides is 1. The number of aliphatic hydroxyl groups is 1. The fourth-order valence-electron chi connectivity index (χ4n) is 7.82. The molecule has 8 nitrogen and oxygen atoms in total. The van der Waals surface area contributed by atoms with Crippen molar-refractivity contribution in [2.45, 2.75) is 114 Å². The largest absolute Gasteiger partial charge is 0.444 e. The van der Waals surface area contributed by atoms with Crippen LogP contribution in [-0.2, 0) is 4.74 Å². The van der Waals surface area contributed by atoms with E-state index in [1.807, 2.05) is 32.9 Å². The molecule has 8 atom stereocenters. The highest BCUT2D eigenvalue weighted by Gasteiger charge is 2.55. The van der Waals surface area contributed by atoms with Crippen LogP contribution in [0.5, 0.6) is 0 Å². The SMILES string of the molecule is C=C(C(CN1C[C@@H]2CC1[C@@H](O)N2C(c1ccc(F)cc1)C1CCC1)NC(=O)OC(C)(C)C)N1C(C#N)CCC2CC21. The van der Waals surface area contributed by atoms with Crippen molar-refractivity contribution in [2.24, 2.45) is 11.8 Å². The zero-order chi connectivity index (χ0) is 29.1. The Morgan fingerprint density at radius 1 is 1.20 bits per heavy atom. The van der Waals surface area contributed by atoms with Crippen LogP contribution in [0.1, 0.15) is 77.3 Å². The van der Waals surface area contributed by atoms with Crippen molar-refractivity contribution in [3.05, 3.63) is 47.9 Å². The molecular formula is C32H44FN5O3. The van der Waals surface area contributed by atoms with E-state index >= 15 is 0 Å². The maximum absolute atomic E-state index is 13.7. The maximum atomic E-state index is 13.7. The summed E-state index contributed by atoms with van der Waals surface area (Å²) in [5, 5.41) is 24.7. The van der Waals surface area contributed by atoms with Gasteiger partial charge in [0.1, 0.15) is 23.7 Å². The summed E-state index contributed by atoms with van der Waals surface area (Å²) in [6.07, 6.45) is 6.03. The van der Waals surface area contributed by atoms with E-state index in [-0.39, 0.29) is 30.0 Å². The van der Waals surface area contributed by atoms with Crippen molar-refractivity contribution in [1.29, 1.82) is 5.26 Å². The molecule has 6 unspecified atom stereocenters. The van der Waals surface area contributed by atoms with Gasteiger partial charge in [0.05, 0.1) is 18.2 Å². The number of benzene rings is 1. The number of fused-ring (bicyclic) bond motifs is 3. The van der Waals surface area contributed by atoms with Crippen molar-refractivity contribution in [1.82, 2.24) is 20.0 Å². The van der Waals surface area contributed by atoms with E-state index in [1.165, 1.54) is 18.6 Å². The normalized spacial score (nSPS) is 32.9. The molecule has 222 valence electrons. The van der Waals surface area contributed by atoms with Crippen LogP contribution in [0.2, 0.25) is 0 Å². The van der Waals surface area contributed by atoms with Gasteiger partial charge < -0.3 is 20.1 Å². The molecule has 3 saturated heterocycles. The first-order valence-electron chi connectivity index (χ1n) is 15.4. The number of hydrogen-bond acceptors (Lipinski definition) is 7. The van der Waals surface area contributed by atoms with E-state index in [1.54, 1.807) is 0 Å². The number of aliphatic hydroxyl groups excluding tert-OH is 1. The first-order chi connectivity index (χ1) is 19.5. The summed E-state index contributed by atoms with van der Waals surface area (Å²) in [6.45, 7) is 11.2. The molecule has 2 aliphatic carbocycles. The van der Waals surface area contributed by atoms with Gasteiger partial charge >= 0.3 is 6.09 Å². The summed E-state index contributed by atoms with van der Waals surface area (Å²) in [4.78, 5) is 19.7. The van der Waals surface area contributed by atoms with Crippen LogP contribution in [0.4, 0.5) is 9.18 Å². The van der Waals surface area contributed by atoms with Gasteiger partial charge in [-0.2, -0.15) is 5.26 Å². The van der Waals surface area contributed by atoms with Crippen LogP contribution in [0.3, 0.4) is 0 Å². The minimum absolute atomic E-state index is 0.0682. The third-order valence-electron chi connectivity index (χ3n) is 10.0. The molecule has 0 spiro atoms. The fraction of sp³-hybridized carbons (Fsp3) is 0.688. The lowest BCUT2D eigenvalue weighted by atomic mass is 9.76. The monoisotopic (exact) mass is 565 g/mol. The summed E-state index contributed by atoms with van der Waals surface area (Å²) in [5.74, 6) is 0.800. The van der Waals surface area contributed by atoms with E-state index in [0.717, 1.165) is 56.3 Å². The van der Waals surface area contributed by atoms with Crippen molar-refractivity contribution >= 4 is 6.09 Å².